The Morgan fingerprint density at radius 3 is 2.45 bits per heavy atom. The van der Waals surface area contributed by atoms with Gasteiger partial charge >= 0.3 is 5.69 Å². The Bertz CT molecular complexity index is 540. The van der Waals surface area contributed by atoms with E-state index in [0.29, 0.717) is 0 Å². The van der Waals surface area contributed by atoms with E-state index in [1.54, 1.807) is 20.8 Å². The fraction of sp³-hybridized carbons (Fsp3) is 0.417. The highest BCUT2D eigenvalue weighted by atomic mass is 19.1. The van der Waals surface area contributed by atoms with Crippen molar-refractivity contribution in [1.82, 2.24) is 5.43 Å². The average Bonchev–Trinajstić information content (AvgIpc) is 2.35. The molecule has 8 heteroatoms. The predicted molar refractivity (Wildman–Crippen MR) is 70.8 cm³/mol. The summed E-state index contributed by atoms with van der Waals surface area (Å²) in [6.45, 7) is 5.07. The second-order valence-corrected chi connectivity index (χ2v) is 5.09. The van der Waals surface area contributed by atoms with E-state index in [9.17, 15) is 19.3 Å². The predicted octanol–water partition coefficient (Wildman–Crippen LogP) is 2.23. The van der Waals surface area contributed by atoms with Crippen LogP contribution >= 0.6 is 0 Å². The van der Waals surface area contributed by atoms with Crippen LogP contribution in [0.3, 0.4) is 0 Å². The summed E-state index contributed by atoms with van der Waals surface area (Å²) < 4.78 is 18.5. The number of nitrogens with one attached hydrogen (secondary N) is 2. The molecule has 20 heavy (non-hydrogen) atoms. The van der Waals surface area contributed by atoms with Crippen LogP contribution in [0.4, 0.5) is 15.8 Å². The van der Waals surface area contributed by atoms with E-state index >= 15 is 0 Å². The smallest absolute Gasteiger partial charge is 0.313 e. The minimum atomic E-state index is -0.869. The quantitative estimate of drug-likeness (QED) is 0.653. The molecule has 0 radical (unpaired) electrons. The minimum Gasteiger partial charge on any atom is -0.490 e. The summed E-state index contributed by atoms with van der Waals surface area (Å²) in [7, 11) is 1.23. The average molecular weight is 285 g/mol. The highest BCUT2D eigenvalue weighted by Gasteiger charge is 2.23. The van der Waals surface area contributed by atoms with E-state index in [-0.39, 0.29) is 17.3 Å². The summed E-state index contributed by atoms with van der Waals surface area (Å²) in [4.78, 5) is 21.6. The monoisotopic (exact) mass is 285 g/mol. The molecule has 1 aromatic carbocycles. The Hall–Kier alpha value is -2.38. The first-order chi connectivity index (χ1) is 9.16. The van der Waals surface area contributed by atoms with E-state index in [0.717, 1.165) is 12.1 Å². The lowest BCUT2D eigenvalue weighted by Gasteiger charge is -2.19. The van der Waals surface area contributed by atoms with Crippen LogP contribution in [0.1, 0.15) is 20.8 Å². The van der Waals surface area contributed by atoms with Gasteiger partial charge in [0.1, 0.15) is 0 Å². The fourth-order valence-corrected chi connectivity index (χ4v) is 1.26. The van der Waals surface area contributed by atoms with Gasteiger partial charge in [0.05, 0.1) is 23.8 Å². The zero-order chi connectivity index (χ0) is 15.5. The van der Waals surface area contributed by atoms with Gasteiger partial charge in [-0.25, -0.2) is 4.39 Å². The second kappa shape index (κ2) is 5.72. The lowest BCUT2D eigenvalue weighted by molar-refractivity contribution is -0.385. The maximum Gasteiger partial charge on any atom is 0.313 e. The zero-order valence-electron chi connectivity index (χ0n) is 11.6. The number of nitro benzene ring substituents is 1. The molecule has 110 valence electrons. The van der Waals surface area contributed by atoms with Gasteiger partial charge in [-0.05, 0) is 0 Å². The molecule has 2 N–H and O–H groups in total. The van der Waals surface area contributed by atoms with Crippen LogP contribution in [0.2, 0.25) is 0 Å². The summed E-state index contributed by atoms with van der Waals surface area (Å²) in [5.74, 6) is -1.33. The number of hydrazine groups is 1. The fourth-order valence-electron chi connectivity index (χ4n) is 1.26. The first kappa shape index (κ1) is 15.7. The molecule has 0 aromatic heterocycles. The van der Waals surface area contributed by atoms with Crippen molar-refractivity contribution in [3.05, 3.63) is 28.1 Å². The first-order valence-corrected chi connectivity index (χ1v) is 5.75. The van der Waals surface area contributed by atoms with E-state index in [1.165, 1.54) is 7.11 Å². The Balaban J connectivity index is 2.97. The van der Waals surface area contributed by atoms with Crippen LogP contribution in [0.25, 0.3) is 0 Å². The van der Waals surface area contributed by atoms with E-state index in [1.807, 2.05) is 0 Å². The summed E-state index contributed by atoms with van der Waals surface area (Å²) in [6, 6.07) is 1.83. The molecule has 0 aliphatic rings. The number of amides is 1. The molecule has 0 heterocycles. The number of rotatable bonds is 4. The van der Waals surface area contributed by atoms with Crippen LogP contribution in [0, 0.1) is 21.3 Å². The third kappa shape index (κ3) is 3.56. The maximum atomic E-state index is 13.7. The van der Waals surface area contributed by atoms with Gasteiger partial charge < -0.3 is 4.74 Å². The van der Waals surface area contributed by atoms with Crippen molar-refractivity contribution in [1.29, 1.82) is 0 Å². The molecule has 7 nitrogen and oxygen atoms in total. The first-order valence-electron chi connectivity index (χ1n) is 5.75. The standard InChI is InChI=1S/C12H16FN3O4/c1-12(2,3)11(17)15-14-8-6-10(20-4)9(16(18)19)5-7(8)13/h5-6,14H,1-4H3,(H,15,17). The van der Waals surface area contributed by atoms with Gasteiger partial charge in [-0.15, -0.1) is 0 Å². The zero-order valence-corrected chi connectivity index (χ0v) is 11.6. The van der Waals surface area contributed by atoms with Crippen molar-refractivity contribution in [2.75, 3.05) is 12.5 Å². The number of nitrogens with zero attached hydrogens (tertiary/aromatic N) is 1. The van der Waals surface area contributed by atoms with Gasteiger partial charge in [0, 0.05) is 11.5 Å². The number of halogens is 1. The second-order valence-electron chi connectivity index (χ2n) is 5.09. The summed E-state index contributed by atoms with van der Waals surface area (Å²) in [5, 5.41) is 10.7. The molecule has 0 unspecified atom stereocenters. The van der Waals surface area contributed by atoms with E-state index in [2.05, 4.69) is 10.9 Å². The number of nitro groups is 1. The van der Waals surface area contributed by atoms with Crippen LogP contribution in [0.5, 0.6) is 5.75 Å². The number of hydrogen-bond donors (Lipinski definition) is 2. The van der Waals surface area contributed by atoms with Crippen LogP contribution < -0.4 is 15.6 Å². The van der Waals surface area contributed by atoms with Gasteiger partial charge in [-0.1, -0.05) is 20.8 Å². The highest BCUT2D eigenvalue weighted by molar-refractivity contribution is 5.82. The Morgan fingerprint density at radius 2 is 2.00 bits per heavy atom. The minimum absolute atomic E-state index is 0.107. The molecule has 0 saturated carbocycles. The SMILES string of the molecule is COc1cc(NNC(=O)C(C)(C)C)c(F)cc1[N+](=O)[O-]. The van der Waals surface area contributed by atoms with Crippen molar-refractivity contribution < 1.29 is 18.8 Å². The van der Waals surface area contributed by atoms with Crippen molar-refractivity contribution in [3.63, 3.8) is 0 Å². The number of methoxy groups -OCH3 is 1. The number of anilines is 1. The van der Waals surface area contributed by atoms with E-state index in [4.69, 9.17) is 4.74 Å². The maximum absolute atomic E-state index is 13.7. The van der Waals surface area contributed by atoms with Gasteiger partial charge in [0.2, 0.25) is 5.91 Å². The molecule has 1 rings (SSSR count). The van der Waals surface area contributed by atoms with Crippen molar-refractivity contribution in [2.45, 2.75) is 20.8 Å². The van der Waals surface area contributed by atoms with Crippen molar-refractivity contribution in [3.8, 4) is 5.75 Å². The van der Waals surface area contributed by atoms with Crippen molar-refractivity contribution >= 4 is 17.3 Å². The van der Waals surface area contributed by atoms with Crippen LogP contribution in [-0.4, -0.2) is 17.9 Å². The van der Waals surface area contributed by atoms with Crippen molar-refractivity contribution in [2.24, 2.45) is 5.41 Å². The molecule has 0 spiro atoms. The summed E-state index contributed by atoms with van der Waals surface area (Å²) >= 11 is 0. The highest BCUT2D eigenvalue weighted by Crippen LogP contribution is 2.32. The third-order valence-corrected chi connectivity index (χ3v) is 2.46. The number of carbonyl (C=O) groups excluding carboxylic acids is 1. The van der Waals surface area contributed by atoms with Crippen LogP contribution in [-0.2, 0) is 4.79 Å². The Labute approximate surface area is 115 Å². The lowest BCUT2D eigenvalue weighted by atomic mass is 9.96. The molecule has 0 fully saturated rings. The largest absolute Gasteiger partial charge is 0.490 e. The molecular weight excluding hydrogens is 269 g/mol. The van der Waals surface area contributed by atoms with E-state index < -0.39 is 21.8 Å². The lowest BCUT2D eigenvalue weighted by Crippen LogP contribution is -2.38. The molecule has 0 atom stereocenters. The van der Waals surface area contributed by atoms with Gasteiger partial charge in [0.15, 0.2) is 11.6 Å². The number of ether oxygens (including phenoxy) is 1. The Kier molecular flexibility index (Phi) is 4.49. The molecule has 1 amide bonds. The summed E-state index contributed by atoms with van der Waals surface area (Å²) in [6.07, 6.45) is 0. The molecule has 0 aliphatic heterocycles. The van der Waals surface area contributed by atoms with Gasteiger partial charge in [0.25, 0.3) is 0 Å². The Morgan fingerprint density at radius 1 is 1.40 bits per heavy atom. The molecule has 0 saturated heterocycles. The topological polar surface area (TPSA) is 93.5 Å². The number of benzene rings is 1. The number of hydrogen-bond acceptors (Lipinski definition) is 5. The third-order valence-electron chi connectivity index (χ3n) is 2.46. The molecular formula is C12H16FN3O4. The normalized spacial score (nSPS) is 10.8. The molecule has 1 aromatic rings. The number of carbonyl (C=O) groups is 1. The van der Waals surface area contributed by atoms with Gasteiger partial charge in [-0.3, -0.25) is 25.8 Å². The summed E-state index contributed by atoms with van der Waals surface area (Å²) in [5.41, 5.74) is 3.44. The molecule has 0 aliphatic carbocycles. The van der Waals surface area contributed by atoms with Crippen LogP contribution in [0.15, 0.2) is 12.1 Å². The molecule has 0 bridgehead atoms. The van der Waals surface area contributed by atoms with Gasteiger partial charge in [-0.2, -0.15) is 0 Å².